The number of thiocarbonyl (C=S) groups is 1. The lowest BCUT2D eigenvalue weighted by molar-refractivity contribution is -0.124. The Bertz CT molecular complexity index is 832. The molecule has 2 rings (SSSR count). The van der Waals surface area contributed by atoms with Gasteiger partial charge in [-0.3, -0.25) is 25.8 Å². The highest BCUT2D eigenvalue weighted by molar-refractivity contribution is 7.80. The monoisotopic (exact) mass is 423 g/mol. The van der Waals surface area contributed by atoms with Crippen LogP contribution in [0.3, 0.4) is 0 Å². The molecule has 0 atom stereocenters. The summed E-state index contributed by atoms with van der Waals surface area (Å²) in [6, 6.07) is 13.5. The Labute approximate surface area is 172 Å². The van der Waals surface area contributed by atoms with E-state index in [-0.39, 0.29) is 18.3 Å². The third-order valence-corrected chi connectivity index (χ3v) is 3.71. The summed E-state index contributed by atoms with van der Waals surface area (Å²) in [7, 11) is 1.56. The summed E-state index contributed by atoms with van der Waals surface area (Å²) in [6.07, 6.45) is 0. The van der Waals surface area contributed by atoms with Crippen molar-refractivity contribution in [3.8, 4) is 17.2 Å². The molecule has 0 aliphatic heterocycles. The normalized spacial score (nSPS) is 9.79. The molecule has 0 aliphatic carbocycles. The molecule has 0 aliphatic rings. The molecule has 0 spiro atoms. The predicted octanol–water partition coefficient (Wildman–Crippen LogP) is 1.83. The number of methoxy groups -OCH3 is 1. The molecule has 8 nitrogen and oxygen atoms in total. The molecule has 2 aromatic rings. The number of hydrogen-bond acceptors (Lipinski definition) is 6. The van der Waals surface area contributed by atoms with Gasteiger partial charge in [-0.25, -0.2) is 0 Å². The van der Waals surface area contributed by atoms with Crippen molar-refractivity contribution < 1.29 is 23.8 Å². The molecule has 0 fully saturated rings. The quantitative estimate of drug-likeness (QED) is 0.461. The van der Waals surface area contributed by atoms with Crippen LogP contribution < -0.4 is 30.4 Å². The van der Waals surface area contributed by atoms with E-state index in [2.05, 4.69) is 16.2 Å². The van der Waals surface area contributed by atoms with Gasteiger partial charge in [0.1, 0.15) is 17.2 Å². The van der Waals surface area contributed by atoms with Gasteiger partial charge in [-0.05, 0) is 48.6 Å². The van der Waals surface area contributed by atoms with Gasteiger partial charge in [-0.1, -0.05) is 23.7 Å². The lowest BCUT2D eigenvalue weighted by Gasteiger charge is -2.12. The first-order chi connectivity index (χ1) is 13.5. The van der Waals surface area contributed by atoms with Crippen LogP contribution in [0.15, 0.2) is 48.5 Å². The molecule has 0 heterocycles. The number of halogens is 1. The molecule has 28 heavy (non-hydrogen) atoms. The van der Waals surface area contributed by atoms with Crippen LogP contribution in [0.5, 0.6) is 17.2 Å². The predicted molar refractivity (Wildman–Crippen MR) is 107 cm³/mol. The van der Waals surface area contributed by atoms with Crippen LogP contribution in [-0.4, -0.2) is 37.3 Å². The van der Waals surface area contributed by atoms with Crippen molar-refractivity contribution in [2.24, 2.45) is 0 Å². The molecule has 0 saturated carbocycles. The third-order valence-electron chi connectivity index (χ3n) is 3.19. The summed E-state index contributed by atoms with van der Waals surface area (Å²) >= 11 is 10.8. The maximum Gasteiger partial charge on any atom is 0.276 e. The highest BCUT2D eigenvalue weighted by Crippen LogP contribution is 2.22. The van der Waals surface area contributed by atoms with E-state index >= 15 is 0 Å². The maximum absolute atomic E-state index is 11.8. The number of carbonyl (C=O) groups excluding carboxylic acids is 2. The number of hydrazine groups is 1. The second-order valence-corrected chi connectivity index (χ2v) is 6.05. The zero-order valence-electron chi connectivity index (χ0n) is 14.9. The molecule has 0 radical (unpaired) electrons. The van der Waals surface area contributed by atoms with Crippen LogP contribution in [0.1, 0.15) is 0 Å². The molecule has 10 heteroatoms. The summed E-state index contributed by atoms with van der Waals surface area (Å²) in [4.78, 5) is 23.5. The Morgan fingerprint density at radius 2 is 1.57 bits per heavy atom. The number of ether oxygens (including phenoxy) is 3. The van der Waals surface area contributed by atoms with E-state index in [4.69, 9.17) is 38.0 Å². The molecular weight excluding hydrogens is 406 g/mol. The number of benzene rings is 2. The largest absolute Gasteiger partial charge is 0.497 e. The number of rotatable bonds is 7. The van der Waals surface area contributed by atoms with Crippen LogP contribution >= 0.6 is 23.8 Å². The SMILES string of the molecule is COc1ccc(OCC(=O)NNC(=S)NC(=O)COc2ccccc2Cl)cc1. The zero-order valence-corrected chi connectivity index (χ0v) is 16.4. The van der Waals surface area contributed by atoms with E-state index in [9.17, 15) is 9.59 Å². The molecule has 0 unspecified atom stereocenters. The van der Waals surface area contributed by atoms with Gasteiger partial charge < -0.3 is 14.2 Å². The van der Waals surface area contributed by atoms with Gasteiger partial charge in [0.2, 0.25) is 0 Å². The van der Waals surface area contributed by atoms with E-state index in [0.29, 0.717) is 22.3 Å². The van der Waals surface area contributed by atoms with Gasteiger partial charge in [-0.15, -0.1) is 0 Å². The van der Waals surface area contributed by atoms with Crippen molar-refractivity contribution in [3.05, 3.63) is 53.6 Å². The summed E-state index contributed by atoms with van der Waals surface area (Å²) < 4.78 is 15.6. The van der Waals surface area contributed by atoms with E-state index < -0.39 is 11.8 Å². The number of nitrogens with one attached hydrogen (secondary N) is 3. The highest BCUT2D eigenvalue weighted by atomic mass is 35.5. The Morgan fingerprint density at radius 3 is 2.25 bits per heavy atom. The fourth-order valence-electron chi connectivity index (χ4n) is 1.88. The highest BCUT2D eigenvalue weighted by Gasteiger charge is 2.09. The van der Waals surface area contributed by atoms with E-state index in [0.717, 1.165) is 0 Å². The van der Waals surface area contributed by atoms with Gasteiger partial charge in [0.25, 0.3) is 11.8 Å². The van der Waals surface area contributed by atoms with Crippen LogP contribution in [0.2, 0.25) is 5.02 Å². The number of carbonyl (C=O) groups is 2. The molecular formula is C18H18ClN3O5S. The number of para-hydroxylation sites is 1. The standard InChI is InChI=1S/C18H18ClN3O5S/c1-25-12-6-8-13(9-7-12)26-11-17(24)21-22-18(28)20-16(23)10-27-15-5-3-2-4-14(15)19/h2-9H,10-11H2,1H3,(H,21,24)(H2,20,22,23,28). The minimum Gasteiger partial charge on any atom is -0.497 e. The van der Waals surface area contributed by atoms with E-state index in [1.54, 1.807) is 55.6 Å². The van der Waals surface area contributed by atoms with Crippen molar-refractivity contribution in [1.29, 1.82) is 0 Å². The summed E-state index contributed by atoms with van der Waals surface area (Å²) in [5, 5.41) is 2.65. The van der Waals surface area contributed by atoms with Crippen LogP contribution in [0.25, 0.3) is 0 Å². The first-order valence-electron chi connectivity index (χ1n) is 8.01. The minimum atomic E-state index is -0.513. The first kappa shape index (κ1) is 21.3. The summed E-state index contributed by atoms with van der Waals surface area (Å²) in [5.41, 5.74) is 4.70. The Kier molecular flexibility index (Phi) is 8.32. The lowest BCUT2D eigenvalue weighted by Crippen LogP contribution is -2.50. The average Bonchev–Trinajstić information content (AvgIpc) is 2.70. The zero-order chi connectivity index (χ0) is 20.4. The van der Waals surface area contributed by atoms with Crippen molar-refractivity contribution in [1.82, 2.24) is 16.2 Å². The van der Waals surface area contributed by atoms with Crippen molar-refractivity contribution >= 4 is 40.7 Å². The van der Waals surface area contributed by atoms with Crippen LogP contribution in [0, 0.1) is 0 Å². The summed E-state index contributed by atoms with van der Waals surface area (Å²) in [5.74, 6) is 0.560. The average molecular weight is 424 g/mol. The number of amides is 2. The van der Waals surface area contributed by atoms with Crippen LogP contribution in [0.4, 0.5) is 0 Å². The van der Waals surface area contributed by atoms with Gasteiger partial charge >= 0.3 is 0 Å². The molecule has 2 aromatic carbocycles. The van der Waals surface area contributed by atoms with Crippen LogP contribution in [-0.2, 0) is 9.59 Å². The molecule has 0 aromatic heterocycles. The third kappa shape index (κ3) is 7.29. The first-order valence-corrected chi connectivity index (χ1v) is 8.79. The Hall–Kier alpha value is -3.04. The second-order valence-electron chi connectivity index (χ2n) is 5.23. The van der Waals surface area contributed by atoms with Gasteiger partial charge in [0.05, 0.1) is 12.1 Å². The van der Waals surface area contributed by atoms with Gasteiger partial charge in [-0.2, -0.15) is 0 Å². The van der Waals surface area contributed by atoms with E-state index in [1.165, 1.54) is 0 Å². The Morgan fingerprint density at radius 1 is 0.929 bits per heavy atom. The van der Waals surface area contributed by atoms with Gasteiger partial charge in [0, 0.05) is 0 Å². The fraction of sp³-hybridized carbons (Fsp3) is 0.167. The van der Waals surface area contributed by atoms with Gasteiger partial charge in [0.15, 0.2) is 18.3 Å². The minimum absolute atomic E-state index is 0.0921. The topological polar surface area (TPSA) is 97.9 Å². The molecule has 0 bridgehead atoms. The maximum atomic E-state index is 11.8. The fourth-order valence-corrected chi connectivity index (χ4v) is 2.24. The molecule has 0 saturated heterocycles. The van der Waals surface area contributed by atoms with E-state index in [1.807, 2.05) is 0 Å². The smallest absolute Gasteiger partial charge is 0.276 e. The summed E-state index contributed by atoms with van der Waals surface area (Å²) in [6.45, 7) is -0.536. The van der Waals surface area contributed by atoms with Crippen molar-refractivity contribution in [3.63, 3.8) is 0 Å². The second kappa shape index (κ2) is 11.0. The molecule has 2 amide bonds. The number of hydrogen-bond donors (Lipinski definition) is 3. The molecule has 148 valence electrons. The lowest BCUT2D eigenvalue weighted by atomic mass is 10.3. The molecule has 3 N–H and O–H groups in total. The van der Waals surface area contributed by atoms with Crippen molar-refractivity contribution in [2.75, 3.05) is 20.3 Å². The van der Waals surface area contributed by atoms with Crippen molar-refractivity contribution in [2.45, 2.75) is 0 Å². The Balaban J connectivity index is 1.64.